The summed E-state index contributed by atoms with van der Waals surface area (Å²) >= 11 is 0. The Bertz CT molecular complexity index is 528. The van der Waals surface area contributed by atoms with Gasteiger partial charge in [-0.1, -0.05) is 18.2 Å². The third-order valence-corrected chi connectivity index (χ3v) is 2.94. The van der Waals surface area contributed by atoms with E-state index >= 15 is 0 Å². The summed E-state index contributed by atoms with van der Waals surface area (Å²) in [6, 6.07) is 6.71. The molecule has 2 aromatic rings. The Morgan fingerprint density at radius 2 is 2.00 bits per heavy atom. The Morgan fingerprint density at radius 3 is 2.59 bits per heavy atom. The summed E-state index contributed by atoms with van der Waals surface area (Å²) in [5.41, 5.74) is 6.11. The summed E-state index contributed by atoms with van der Waals surface area (Å²) in [7, 11) is 1.73. The van der Waals surface area contributed by atoms with E-state index in [1.165, 1.54) is 6.07 Å². The highest BCUT2D eigenvalue weighted by Crippen LogP contribution is 2.37. The van der Waals surface area contributed by atoms with Crippen LogP contribution in [0.1, 0.15) is 11.5 Å². The molecular weight excluding hydrogens is 229 g/mol. The zero-order valence-corrected chi connectivity index (χ0v) is 9.33. The maximum Gasteiger partial charge on any atom is 0.397 e. The molecule has 0 fully saturated rings. The summed E-state index contributed by atoms with van der Waals surface area (Å²) in [6.07, 6.45) is -2.56. The Labute approximate surface area is 96.8 Å². The van der Waals surface area contributed by atoms with Gasteiger partial charge in [-0.3, -0.25) is 0 Å². The van der Waals surface area contributed by atoms with Gasteiger partial charge in [0.1, 0.15) is 0 Å². The fourth-order valence-electron chi connectivity index (χ4n) is 2.11. The van der Waals surface area contributed by atoms with Crippen LogP contribution in [0.15, 0.2) is 30.5 Å². The van der Waals surface area contributed by atoms with Gasteiger partial charge >= 0.3 is 6.18 Å². The van der Waals surface area contributed by atoms with Gasteiger partial charge in [-0.05, 0) is 17.0 Å². The van der Waals surface area contributed by atoms with E-state index in [0.29, 0.717) is 5.52 Å². The zero-order valence-electron chi connectivity index (χ0n) is 9.33. The summed E-state index contributed by atoms with van der Waals surface area (Å²) in [5, 5.41) is 0.799. The summed E-state index contributed by atoms with van der Waals surface area (Å²) < 4.78 is 40.3. The predicted octanol–water partition coefficient (Wildman–Crippen LogP) is 2.78. The van der Waals surface area contributed by atoms with Gasteiger partial charge in [-0.15, -0.1) is 0 Å². The van der Waals surface area contributed by atoms with Crippen LogP contribution in [0.4, 0.5) is 13.2 Å². The van der Waals surface area contributed by atoms with Gasteiger partial charge in [0.15, 0.2) is 0 Å². The molecule has 0 spiro atoms. The number of hydrogen-bond acceptors (Lipinski definition) is 1. The average molecular weight is 242 g/mol. The molecule has 1 atom stereocenters. The summed E-state index contributed by atoms with van der Waals surface area (Å²) in [4.78, 5) is 0. The first kappa shape index (κ1) is 12.0. The van der Waals surface area contributed by atoms with Gasteiger partial charge in [0, 0.05) is 19.8 Å². The maximum atomic E-state index is 12.9. The number of nitrogens with zero attached hydrogens (tertiary/aromatic N) is 1. The van der Waals surface area contributed by atoms with Gasteiger partial charge < -0.3 is 10.3 Å². The first-order valence-corrected chi connectivity index (χ1v) is 5.26. The lowest BCUT2D eigenvalue weighted by Gasteiger charge is -2.20. The normalized spacial score (nSPS) is 14.2. The van der Waals surface area contributed by atoms with Crippen molar-refractivity contribution in [2.45, 2.75) is 12.1 Å². The molecule has 17 heavy (non-hydrogen) atoms. The quantitative estimate of drug-likeness (QED) is 0.862. The maximum absolute atomic E-state index is 12.9. The predicted molar refractivity (Wildman–Crippen MR) is 60.8 cm³/mol. The molecule has 0 aliphatic heterocycles. The lowest BCUT2D eigenvalue weighted by molar-refractivity contribution is -0.147. The minimum atomic E-state index is -4.31. The minimum absolute atomic E-state index is 0.241. The Morgan fingerprint density at radius 1 is 1.29 bits per heavy atom. The van der Waals surface area contributed by atoms with E-state index in [0.717, 1.165) is 5.39 Å². The topological polar surface area (TPSA) is 30.9 Å². The highest BCUT2D eigenvalue weighted by molar-refractivity contribution is 5.84. The monoisotopic (exact) mass is 242 g/mol. The van der Waals surface area contributed by atoms with Crippen molar-refractivity contribution in [1.82, 2.24) is 4.57 Å². The molecule has 0 saturated heterocycles. The van der Waals surface area contributed by atoms with E-state index in [1.54, 1.807) is 36.0 Å². The van der Waals surface area contributed by atoms with Crippen LogP contribution < -0.4 is 5.73 Å². The summed E-state index contributed by atoms with van der Waals surface area (Å²) in [5.74, 6) is -1.61. The summed E-state index contributed by atoms with van der Waals surface area (Å²) in [6.45, 7) is -0.437. The van der Waals surface area contributed by atoms with Crippen molar-refractivity contribution in [2.24, 2.45) is 12.8 Å². The fraction of sp³-hybridized carbons (Fsp3) is 0.333. The van der Waals surface area contributed by atoms with Crippen LogP contribution in [-0.2, 0) is 7.05 Å². The molecule has 1 heterocycles. The number of aryl methyl sites for hydroxylation is 1. The molecule has 2 N–H and O–H groups in total. The molecule has 5 heteroatoms. The molecule has 0 aliphatic carbocycles. The average Bonchev–Trinajstić information content (AvgIpc) is 2.60. The van der Waals surface area contributed by atoms with Crippen molar-refractivity contribution in [3.8, 4) is 0 Å². The second-order valence-electron chi connectivity index (χ2n) is 4.04. The van der Waals surface area contributed by atoms with E-state index in [4.69, 9.17) is 5.73 Å². The second kappa shape index (κ2) is 4.07. The van der Waals surface area contributed by atoms with Gasteiger partial charge in [0.25, 0.3) is 0 Å². The highest BCUT2D eigenvalue weighted by atomic mass is 19.4. The number of rotatable bonds is 2. The SMILES string of the molecule is Cn1ccc2cccc(C(CN)C(F)(F)F)c21. The van der Waals surface area contributed by atoms with Crippen molar-refractivity contribution in [3.05, 3.63) is 36.0 Å². The Hall–Kier alpha value is -1.49. The molecule has 1 unspecified atom stereocenters. The van der Waals surface area contributed by atoms with E-state index in [2.05, 4.69) is 0 Å². The Kier molecular flexibility index (Phi) is 2.87. The first-order valence-electron chi connectivity index (χ1n) is 5.26. The Balaban J connectivity index is 2.65. The molecule has 2 rings (SSSR count). The van der Waals surface area contributed by atoms with Crippen LogP contribution in [-0.4, -0.2) is 17.3 Å². The zero-order chi connectivity index (χ0) is 12.6. The van der Waals surface area contributed by atoms with Crippen LogP contribution in [0, 0.1) is 0 Å². The van der Waals surface area contributed by atoms with E-state index in [1.807, 2.05) is 0 Å². The smallest absolute Gasteiger partial charge is 0.350 e. The van der Waals surface area contributed by atoms with Gasteiger partial charge in [-0.25, -0.2) is 0 Å². The highest BCUT2D eigenvalue weighted by Gasteiger charge is 2.40. The standard InChI is InChI=1S/C12H13F3N2/c1-17-6-5-8-3-2-4-9(11(8)17)10(7-16)12(13,14)15/h2-6,10H,7,16H2,1H3. The van der Waals surface area contributed by atoms with E-state index in [-0.39, 0.29) is 5.56 Å². The van der Waals surface area contributed by atoms with E-state index < -0.39 is 18.6 Å². The van der Waals surface area contributed by atoms with Gasteiger partial charge in [0.05, 0.1) is 11.4 Å². The molecular formula is C12H13F3N2. The minimum Gasteiger partial charge on any atom is -0.350 e. The molecule has 0 amide bonds. The molecule has 92 valence electrons. The number of hydrogen-bond donors (Lipinski definition) is 1. The number of alkyl halides is 3. The van der Waals surface area contributed by atoms with Gasteiger partial charge in [-0.2, -0.15) is 13.2 Å². The number of nitrogens with two attached hydrogens (primary N) is 1. The molecule has 1 aromatic heterocycles. The molecule has 0 radical (unpaired) electrons. The fourth-order valence-corrected chi connectivity index (χ4v) is 2.11. The third kappa shape index (κ3) is 2.02. The van der Waals surface area contributed by atoms with Crippen LogP contribution in [0.3, 0.4) is 0 Å². The molecule has 0 bridgehead atoms. The van der Waals surface area contributed by atoms with Crippen molar-refractivity contribution in [1.29, 1.82) is 0 Å². The largest absolute Gasteiger partial charge is 0.397 e. The van der Waals surface area contributed by atoms with Crippen LogP contribution in [0.25, 0.3) is 10.9 Å². The van der Waals surface area contributed by atoms with Crippen molar-refractivity contribution >= 4 is 10.9 Å². The molecule has 0 saturated carbocycles. The number of halogens is 3. The van der Waals surface area contributed by atoms with Gasteiger partial charge in [0.2, 0.25) is 0 Å². The van der Waals surface area contributed by atoms with E-state index in [9.17, 15) is 13.2 Å². The van der Waals surface area contributed by atoms with Crippen molar-refractivity contribution in [3.63, 3.8) is 0 Å². The second-order valence-corrected chi connectivity index (χ2v) is 4.04. The molecule has 1 aromatic carbocycles. The van der Waals surface area contributed by atoms with Crippen LogP contribution >= 0.6 is 0 Å². The lowest BCUT2D eigenvalue weighted by atomic mass is 9.96. The number of fused-ring (bicyclic) bond motifs is 1. The molecule has 0 aliphatic rings. The lowest BCUT2D eigenvalue weighted by Crippen LogP contribution is -2.28. The van der Waals surface area contributed by atoms with Crippen molar-refractivity contribution < 1.29 is 13.2 Å². The van der Waals surface area contributed by atoms with Crippen LogP contribution in [0.5, 0.6) is 0 Å². The number of para-hydroxylation sites is 1. The van der Waals surface area contributed by atoms with Crippen LogP contribution in [0.2, 0.25) is 0 Å². The first-order chi connectivity index (χ1) is 7.95. The number of aromatic nitrogens is 1. The van der Waals surface area contributed by atoms with Crippen molar-refractivity contribution in [2.75, 3.05) is 6.54 Å². The molecule has 2 nitrogen and oxygen atoms in total. The number of benzene rings is 1. The third-order valence-electron chi connectivity index (χ3n) is 2.94.